The van der Waals surface area contributed by atoms with E-state index in [4.69, 9.17) is 5.73 Å². The van der Waals surface area contributed by atoms with Gasteiger partial charge in [0, 0.05) is 6.20 Å². The molecule has 0 amide bonds. The Morgan fingerprint density at radius 3 is 2.75 bits per heavy atom. The maximum Gasteiger partial charge on any atom is 0.199 e. The van der Waals surface area contributed by atoms with Crippen molar-refractivity contribution in [3.8, 4) is 11.5 Å². The number of pyridine rings is 1. The molecule has 2 heterocycles. The van der Waals surface area contributed by atoms with Crippen LogP contribution in [0, 0.1) is 5.92 Å². The van der Waals surface area contributed by atoms with Gasteiger partial charge >= 0.3 is 0 Å². The SMILES string of the molecule is CC(C)[C@@H](N)c1nc(-c2ccccn2)n[nH]1. The first-order chi connectivity index (χ1) is 7.68. The predicted octanol–water partition coefficient (Wildman–Crippen LogP) is 1.52. The van der Waals surface area contributed by atoms with Crippen LogP contribution < -0.4 is 5.73 Å². The molecule has 0 aliphatic rings. The molecule has 0 aliphatic carbocycles. The van der Waals surface area contributed by atoms with Crippen LogP contribution in [0.4, 0.5) is 0 Å². The lowest BCUT2D eigenvalue weighted by atomic mass is 10.1. The van der Waals surface area contributed by atoms with Crippen LogP contribution in [0.15, 0.2) is 24.4 Å². The molecule has 1 atom stereocenters. The van der Waals surface area contributed by atoms with Gasteiger partial charge in [0.1, 0.15) is 11.5 Å². The zero-order valence-electron chi connectivity index (χ0n) is 9.38. The minimum absolute atomic E-state index is 0.120. The van der Waals surface area contributed by atoms with Crippen molar-refractivity contribution in [1.82, 2.24) is 20.2 Å². The van der Waals surface area contributed by atoms with Gasteiger partial charge in [-0.15, -0.1) is 0 Å². The number of H-pyrrole nitrogens is 1. The molecule has 0 aliphatic heterocycles. The van der Waals surface area contributed by atoms with E-state index in [1.807, 2.05) is 32.0 Å². The molecule has 5 nitrogen and oxygen atoms in total. The summed E-state index contributed by atoms with van der Waals surface area (Å²) < 4.78 is 0. The van der Waals surface area contributed by atoms with Crippen LogP contribution in [0.2, 0.25) is 0 Å². The number of nitrogens with two attached hydrogens (primary N) is 1. The van der Waals surface area contributed by atoms with E-state index in [9.17, 15) is 0 Å². The second kappa shape index (κ2) is 4.40. The quantitative estimate of drug-likeness (QED) is 0.816. The van der Waals surface area contributed by atoms with Gasteiger partial charge in [-0.3, -0.25) is 10.1 Å². The van der Waals surface area contributed by atoms with Gasteiger partial charge in [0.2, 0.25) is 0 Å². The summed E-state index contributed by atoms with van der Waals surface area (Å²) in [6.07, 6.45) is 1.72. The highest BCUT2D eigenvalue weighted by atomic mass is 15.2. The van der Waals surface area contributed by atoms with Crippen molar-refractivity contribution in [2.45, 2.75) is 19.9 Å². The second-order valence-electron chi connectivity index (χ2n) is 4.03. The Labute approximate surface area is 94.1 Å². The molecule has 84 valence electrons. The number of hydrogen-bond acceptors (Lipinski definition) is 4. The molecule has 0 spiro atoms. The van der Waals surface area contributed by atoms with Crippen molar-refractivity contribution < 1.29 is 0 Å². The van der Waals surface area contributed by atoms with Gasteiger partial charge in [0.15, 0.2) is 5.82 Å². The molecule has 2 aromatic heterocycles. The average Bonchev–Trinajstić information content (AvgIpc) is 2.78. The summed E-state index contributed by atoms with van der Waals surface area (Å²) in [6, 6.07) is 5.51. The first-order valence-corrected chi connectivity index (χ1v) is 5.27. The molecule has 0 fully saturated rings. The Morgan fingerprint density at radius 1 is 1.31 bits per heavy atom. The Morgan fingerprint density at radius 2 is 2.12 bits per heavy atom. The monoisotopic (exact) mass is 217 g/mol. The van der Waals surface area contributed by atoms with Crippen LogP contribution >= 0.6 is 0 Å². The van der Waals surface area contributed by atoms with Crippen molar-refractivity contribution in [3.05, 3.63) is 30.2 Å². The highest BCUT2D eigenvalue weighted by molar-refractivity contribution is 5.47. The highest BCUT2D eigenvalue weighted by Gasteiger charge is 2.15. The van der Waals surface area contributed by atoms with E-state index >= 15 is 0 Å². The summed E-state index contributed by atoms with van der Waals surface area (Å²) in [6.45, 7) is 4.10. The predicted molar refractivity (Wildman–Crippen MR) is 61.4 cm³/mol. The standard InChI is InChI=1S/C11H15N5/c1-7(2)9(12)11-14-10(15-16-11)8-5-3-4-6-13-8/h3-7,9H,12H2,1-2H3,(H,14,15,16)/t9-/m1/s1. The number of aromatic nitrogens is 4. The van der Waals surface area contributed by atoms with Gasteiger partial charge in [-0.1, -0.05) is 19.9 Å². The minimum atomic E-state index is -0.120. The fraction of sp³-hybridized carbons (Fsp3) is 0.364. The molecule has 0 bridgehead atoms. The Kier molecular flexibility index (Phi) is 2.96. The van der Waals surface area contributed by atoms with E-state index in [0.717, 1.165) is 5.69 Å². The molecule has 0 saturated carbocycles. The zero-order chi connectivity index (χ0) is 11.5. The number of nitrogens with zero attached hydrogens (tertiary/aromatic N) is 3. The number of hydrogen-bond donors (Lipinski definition) is 2. The van der Waals surface area contributed by atoms with Crippen molar-refractivity contribution in [2.24, 2.45) is 11.7 Å². The van der Waals surface area contributed by atoms with E-state index in [0.29, 0.717) is 17.6 Å². The van der Waals surface area contributed by atoms with Crippen LogP contribution in [0.3, 0.4) is 0 Å². The fourth-order valence-corrected chi connectivity index (χ4v) is 1.35. The van der Waals surface area contributed by atoms with E-state index in [1.165, 1.54) is 0 Å². The molecule has 5 heteroatoms. The maximum atomic E-state index is 5.98. The summed E-state index contributed by atoms with van der Waals surface area (Å²) in [5, 5.41) is 6.97. The summed E-state index contributed by atoms with van der Waals surface area (Å²) in [5.74, 6) is 1.62. The number of nitrogens with one attached hydrogen (secondary N) is 1. The molecule has 0 unspecified atom stereocenters. The zero-order valence-corrected chi connectivity index (χ0v) is 9.38. The van der Waals surface area contributed by atoms with Crippen LogP contribution in [-0.2, 0) is 0 Å². The summed E-state index contributed by atoms with van der Waals surface area (Å²) in [7, 11) is 0. The molecule has 0 saturated heterocycles. The van der Waals surface area contributed by atoms with Gasteiger partial charge in [-0.25, -0.2) is 4.98 Å². The number of rotatable bonds is 3. The Balaban J connectivity index is 2.27. The van der Waals surface area contributed by atoms with Gasteiger partial charge in [-0.05, 0) is 18.1 Å². The first kappa shape index (κ1) is 10.8. The van der Waals surface area contributed by atoms with E-state index in [2.05, 4.69) is 20.2 Å². The van der Waals surface area contributed by atoms with E-state index in [1.54, 1.807) is 6.20 Å². The van der Waals surface area contributed by atoms with E-state index < -0.39 is 0 Å². The minimum Gasteiger partial charge on any atom is -0.321 e. The van der Waals surface area contributed by atoms with Crippen LogP contribution in [-0.4, -0.2) is 20.2 Å². The molecule has 2 rings (SSSR count). The smallest absolute Gasteiger partial charge is 0.199 e. The fourth-order valence-electron chi connectivity index (χ4n) is 1.35. The first-order valence-electron chi connectivity index (χ1n) is 5.27. The van der Waals surface area contributed by atoms with Crippen LogP contribution in [0.1, 0.15) is 25.7 Å². The molecule has 0 aromatic carbocycles. The third-order valence-electron chi connectivity index (χ3n) is 2.43. The average molecular weight is 217 g/mol. The highest BCUT2D eigenvalue weighted by Crippen LogP contribution is 2.17. The normalized spacial score (nSPS) is 13.0. The van der Waals surface area contributed by atoms with Crippen molar-refractivity contribution >= 4 is 0 Å². The van der Waals surface area contributed by atoms with Gasteiger partial charge in [0.25, 0.3) is 0 Å². The molecule has 2 aromatic rings. The summed E-state index contributed by atoms with van der Waals surface area (Å²) >= 11 is 0. The third kappa shape index (κ3) is 2.09. The molecular weight excluding hydrogens is 202 g/mol. The van der Waals surface area contributed by atoms with Gasteiger partial charge in [0.05, 0.1) is 6.04 Å². The number of aromatic amines is 1. The lowest BCUT2D eigenvalue weighted by Crippen LogP contribution is -2.18. The summed E-state index contributed by atoms with van der Waals surface area (Å²) in [5.41, 5.74) is 6.73. The third-order valence-corrected chi connectivity index (χ3v) is 2.43. The van der Waals surface area contributed by atoms with Gasteiger partial charge < -0.3 is 5.73 Å². The van der Waals surface area contributed by atoms with Crippen molar-refractivity contribution in [3.63, 3.8) is 0 Å². The van der Waals surface area contributed by atoms with Crippen molar-refractivity contribution in [2.75, 3.05) is 0 Å². The molecule has 3 N–H and O–H groups in total. The Bertz CT molecular complexity index is 448. The Hall–Kier alpha value is -1.75. The molecular formula is C11H15N5. The maximum absolute atomic E-state index is 5.98. The van der Waals surface area contributed by atoms with Crippen LogP contribution in [0.5, 0.6) is 0 Å². The van der Waals surface area contributed by atoms with Crippen molar-refractivity contribution in [1.29, 1.82) is 0 Å². The van der Waals surface area contributed by atoms with Gasteiger partial charge in [-0.2, -0.15) is 5.10 Å². The van der Waals surface area contributed by atoms with Crippen LogP contribution in [0.25, 0.3) is 11.5 Å². The lowest BCUT2D eigenvalue weighted by molar-refractivity contribution is 0.492. The van der Waals surface area contributed by atoms with E-state index in [-0.39, 0.29) is 6.04 Å². The topological polar surface area (TPSA) is 80.5 Å². The lowest BCUT2D eigenvalue weighted by Gasteiger charge is -2.10. The molecule has 16 heavy (non-hydrogen) atoms. The summed E-state index contributed by atoms with van der Waals surface area (Å²) in [4.78, 5) is 8.53. The molecule has 0 radical (unpaired) electrons. The second-order valence-corrected chi connectivity index (χ2v) is 4.03. The largest absolute Gasteiger partial charge is 0.321 e.